The first-order valence-electron chi connectivity index (χ1n) is 9.29. The Morgan fingerprint density at radius 2 is 1.77 bits per heavy atom. The summed E-state index contributed by atoms with van der Waals surface area (Å²) in [5.74, 6) is 0.720. The van der Waals surface area contributed by atoms with Crippen molar-refractivity contribution in [3.63, 3.8) is 0 Å². The van der Waals surface area contributed by atoms with Crippen molar-refractivity contribution in [2.45, 2.75) is 17.7 Å². The molecule has 7 heteroatoms. The lowest BCUT2D eigenvalue weighted by Crippen LogP contribution is -2.13. The van der Waals surface area contributed by atoms with Crippen molar-refractivity contribution in [3.8, 4) is 5.75 Å². The second-order valence-electron chi connectivity index (χ2n) is 6.36. The summed E-state index contributed by atoms with van der Waals surface area (Å²) in [4.78, 5) is 0.133. The fourth-order valence-electron chi connectivity index (χ4n) is 2.64. The fraction of sp³-hybridized carbons (Fsp3) is 0.130. The lowest BCUT2D eigenvalue weighted by Gasteiger charge is -2.13. The van der Waals surface area contributed by atoms with Gasteiger partial charge in [0, 0.05) is 6.07 Å². The van der Waals surface area contributed by atoms with Gasteiger partial charge in [0.1, 0.15) is 5.75 Å². The minimum absolute atomic E-state index is 0.133. The number of benzene rings is 3. The van der Waals surface area contributed by atoms with Gasteiger partial charge in [-0.15, -0.1) is 0 Å². The van der Waals surface area contributed by atoms with Gasteiger partial charge in [0.2, 0.25) is 0 Å². The standard InChI is InChI=1S/C23H20Cl2NO3S/c24-21-16-15-18(10-4-3-9-17-29-19-11-5-1-6-12-19)22(25)23(21)26-30(27,28)20-13-7-2-8-14-20/h1-2,4-8,10-11,13-16,26H,3,9,17H2/b10-4+. The zero-order valence-corrected chi connectivity index (χ0v) is 18.3. The van der Waals surface area contributed by atoms with Crippen molar-refractivity contribution >= 4 is 45.0 Å². The maximum Gasteiger partial charge on any atom is 0.261 e. The van der Waals surface area contributed by atoms with E-state index in [0.717, 1.165) is 18.6 Å². The minimum atomic E-state index is -3.80. The number of allylic oxidation sites excluding steroid dienone is 1. The van der Waals surface area contributed by atoms with E-state index in [1.54, 1.807) is 36.4 Å². The number of ether oxygens (including phenoxy) is 1. The number of para-hydroxylation sites is 1. The van der Waals surface area contributed by atoms with Gasteiger partial charge < -0.3 is 4.74 Å². The number of halogens is 2. The SMILES string of the molecule is O=S(=O)(Nc1c(Cl)ccc(/C=C/CCCOc2[c]cccc2)c1Cl)c1ccccc1. The van der Waals surface area contributed by atoms with Gasteiger partial charge in [0.05, 0.1) is 27.2 Å². The number of unbranched alkanes of at least 4 members (excludes halogenated alkanes) is 1. The third-order valence-corrected chi connectivity index (χ3v) is 6.25. The van der Waals surface area contributed by atoms with Crippen LogP contribution in [0.15, 0.2) is 77.7 Å². The highest BCUT2D eigenvalue weighted by molar-refractivity contribution is 7.92. The lowest BCUT2D eigenvalue weighted by atomic mass is 10.1. The third-order valence-electron chi connectivity index (χ3n) is 4.16. The maximum atomic E-state index is 12.6. The number of sulfonamides is 1. The molecule has 0 heterocycles. The van der Waals surface area contributed by atoms with E-state index in [9.17, 15) is 8.42 Å². The first-order valence-corrected chi connectivity index (χ1v) is 11.5. The Balaban J connectivity index is 1.63. The van der Waals surface area contributed by atoms with E-state index in [2.05, 4.69) is 10.8 Å². The molecule has 4 nitrogen and oxygen atoms in total. The predicted octanol–water partition coefficient (Wildman–Crippen LogP) is 6.47. The Morgan fingerprint density at radius 3 is 2.50 bits per heavy atom. The van der Waals surface area contributed by atoms with Crippen LogP contribution in [0.25, 0.3) is 6.08 Å². The van der Waals surface area contributed by atoms with Gasteiger partial charge in [-0.1, -0.05) is 77.8 Å². The van der Waals surface area contributed by atoms with Gasteiger partial charge in [-0.25, -0.2) is 8.42 Å². The molecule has 30 heavy (non-hydrogen) atoms. The number of hydrogen-bond acceptors (Lipinski definition) is 3. The summed E-state index contributed by atoms with van der Waals surface area (Å²) in [5.41, 5.74) is 0.830. The molecule has 0 aliphatic heterocycles. The Hall–Kier alpha value is -2.47. The van der Waals surface area contributed by atoms with Crippen LogP contribution in [0, 0.1) is 6.07 Å². The van der Waals surface area contributed by atoms with Crippen LogP contribution in [0.5, 0.6) is 5.75 Å². The van der Waals surface area contributed by atoms with Crippen molar-refractivity contribution < 1.29 is 13.2 Å². The second kappa shape index (κ2) is 10.5. The molecule has 0 aliphatic rings. The summed E-state index contributed by atoms with van der Waals surface area (Å²) >= 11 is 12.6. The van der Waals surface area contributed by atoms with E-state index in [1.807, 2.05) is 30.4 Å². The molecule has 1 radical (unpaired) electrons. The zero-order valence-electron chi connectivity index (χ0n) is 16.0. The van der Waals surface area contributed by atoms with Crippen LogP contribution < -0.4 is 9.46 Å². The van der Waals surface area contributed by atoms with Crippen molar-refractivity contribution in [2.24, 2.45) is 0 Å². The van der Waals surface area contributed by atoms with E-state index in [0.29, 0.717) is 12.2 Å². The van der Waals surface area contributed by atoms with E-state index in [-0.39, 0.29) is 20.6 Å². The highest BCUT2D eigenvalue weighted by Crippen LogP contribution is 2.35. The summed E-state index contributed by atoms with van der Waals surface area (Å²) in [5, 5.41) is 0.470. The number of rotatable bonds is 9. The van der Waals surface area contributed by atoms with Gasteiger partial charge in [0.25, 0.3) is 10.0 Å². The largest absolute Gasteiger partial charge is 0.493 e. The average Bonchev–Trinajstić information content (AvgIpc) is 2.76. The van der Waals surface area contributed by atoms with Gasteiger partial charge in [-0.2, -0.15) is 0 Å². The van der Waals surface area contributed by atoms with Crippen LogP contribution >= 0.6 is 23.2 Å². The second-order valence-corrected chi connectivity index (χ2v) is 8.83. The van der Waals surface area contributed by atoms with Crippen molar-refractivity contribution in [1.29, 1.82) is 0 Å². The summed E-state index contributed by atoms with van der Waals surface area (Å²) in [6.45, 7) is 0.571. The first-order chi connectivity index (χ1) is 14.5. The fourth-order valence-corrected chi connectivity index (χ4v) is 4.40. The molecular weight excluding hydrogens is 441 g/mol. The molecule has 0 saturated carbocycles. The van der Waals surface area contributed by atoms with E-state index in [4.69, 9.17) is 27.9 Å². The normalized spacial score (nSPS) is 11.5. The van der Waals surface area contributed by atoms with E-state index < -0.39 is 10.0 Å². The molecule has 0 saturated heterocycles. The Bertz CT molecular complexity index is 1100. The van der Waals surface area contributed by atoms with E-state index in [1.165, 1.54) is 12.1 Å². The van der Waals surface area contributed by atoms with Gasteiger partial charge in [-0.05, 0) is 42.7 Å². The highest BCUT2D eigenvalue weighted by Gasteiger charge is 2.18. The predicted molar refractivity (Wildman–Crippen MR) is 123 cm³/mol. The number of hydrogen-bond donors (Lipinski definition) is 1. The first kappa shape index (κ1) is 22.2. The molecule has 0 spiro atoms. The molecule has 155 valence electrons. The Morgan fingerprint density at radius 1 is 1.00 bits per heavy atom. The smallest absolute Gasteiger partial charge is 0.261 e. The van der Waals surface area contributed by atoms with Crippen LogP contribution in [0.3, 0.4) is 0 Å². The average molecular weight is 461 g/mol. The van der Waals surface area contributed by atoms with Crippen molar-refractivity contribution in [2.75, 3.05) is 11.3 Å². The van der Waals surface area contributed by atoms with Crippen molar-refractivity contribution in [3.05, 3.63) is 94.5 Å². The summed E-state index contributed by atoms with van der Waals surface area (Å²) in [7, 11) is -3.80. The molecule has 0 aliphatic carbocycles. The summed E-state index contributed by atoms with van der Waals surface area (Å²) in [6, 6.07) is 21.9. The lowest BCUT2D eigenvalue weighted by molar-refractivity contribution is 0.311. The van der Waals surface area contributed by atoms with Gasteiger partial charge in [-0.3, -0.25) is 4.72 Å². The molecule has 0 aromatic heterocycles. The zero-order chi connectivity index (χ0) is 21.4. The maximum absolute atomic E-state index is 12.6. The number of nitrogens with one attached hydrogen (secondary N) is 1. The van der Waals surface area contributed by atoms with Crippen molar-refractivity contribution in [1.82, 2.24) is 0 Å². The van der Waals surface area contributed by atoms with Gasteiger partial charge >= 0.3 is 0 Å². The molecule has 0 bridgehead atoms. The van der Waals surface area contributed by atoms with E-state index >= 15 is 0 Å². The highest BCUT2D eigenvalue weighted by atomic mass is 35.5. The Kier molecular flexibility index (Phi) is 7.80. The molecule has 0 atom stereocenters. The number of anilines is 1. The summed E-state index contributed by atoms with van der Waals surface area (Å²) < 4.78 is 33.3. The molecule has 0 unspecified atom stereocenters. The van der Waals surface area contributed by atoms with Crippen LogP contribution in [0.4, 0.5) is 5.69 Å². The molecule has 3 aromatic carbocycles. The quantitative estimate of drug-likeness (QED) is 0.372. The topological polar surface area (TPSA) is 55.4 Å². The molecule has 0 fully saturated rings. The summed E-state index contributed by atoms with van der Waals surface area (Å²) in [6.07, 6.45) is 5.39. The van der Waals surface area contributed by atoms with Crippen LogP contribution in [0.2, 0.25) is 10.0 Å². The molecule has 0 amide bonds. The molecule has 3 aromatic rings. The Labute approximate surface area is 187 Å². The molecule has 3 rings (SSSR count). The van der Waals surface area contributed by atoms with Crippen LogP contribution in [0.1, 0.15) is 18.4 Å². The van der Waals surface area contributed by atoms with Gasteiger partial charge in [0.15, 0.2) is 0 Å². The monoisotopic (exact) mass is 460 g/mol. The van der Waals surface area contributed by atoms with Crippen LogP contribution in [-0.4, -0.2) is 15.0 Å². The molecular formula is C23H20Cl2NO3S. The van der Waals surface area contributed by atoms with Crippen LogP contribution in [-0.2, 0) is 10.0 Å². The third kappa shape index (κ3) is 6.02. The minimum Gasteiger partial charge on any atom is -0.493 e. The molecule has 1 N–H and O–H groups in total.